The molecule has 7 nitrogen and oxygen atoms in total. The SMILES string of the molecule is COc1cccc(-c2nn(-c3cccc(C(=O)Nc4ccc(N(C)C)cc4)c3)c3ncccc23)c1. The summed E-state index contributed by atoms with van der Waals surface area (Å²) in [6.07, 6.45) is 1.74. The molecule has 5 rings (SSSR count). The largest absolute Gasteiger partial charge is 0.497 e. The predicted octanol–water partition coefficient (Wildman–Crippen LogP) is 5.41. The third-order valence-electron chi connectivity index (χ3n) is 5.78. The molecule has 0 fully saturated rings. The molecule has 0 saturated carbocycles. The molecule has 0 radical (unpaired) electrons. The van der Waals surface area contributed by atoms with Crippen LogP contribution in [0.25, 0.3) is 28.0 Å². The number of hydrogen-bond acceptors (Lipinski definition) is 5. The van der Waals surface area contributed by atoms with Crippen LogP contribution in [0.1, 0.15) is 10.4 Å². The fourth-order valence-electron chi connectivity index (χ4n) is 3.94. The van der Waals surface area contributed by atoms with Gasteiger partial charge in [0.05, 0.1) is 12.8 Å². The van der Waals surface area contributed by atoms with Crippen molar-refractivity contribution in [2.24, 2.45) is 0 Å². The topological polar surface area (TPSA) is 72.3 Å². The lowest BCUT2D eigenvalue weighted by atomic mass is 10.1. The number of fused-ring (bicyclic) bond motifs is 1. The van der Waals surface area contributed by atoms with E-state index < -0.39 is 0 Å². The van der Waals surface area contributed by atoms with E-state index >= 15 is 0 Å². The van der Waals surface area contributed by atoms with E-state index in [0.717, 1.165) is 39.5 Å². The number of anilines is 2. The van der Waals surface area contributed by atoms with Crippen molar-refractivity contribution in [1.29, 1.82) is 0 Å². The maximum atomic E-state index is 13.0. The number of nitrogens with one attached hydrogen (secondary N) is 1. The average molecular weight is 464 g/mol. The second kappa shape index (κ2) is 9.30. The van der Waals surface area contributed by atoms with E-state index in [1.807, 2.05) is 97.9 Å². The van der Waals surface area contributed by atoms with Crippen LogP contribution in [0, 0.1) is 0 Å². The molecule has 0 aliphatic heterocycles. The molecule has 2 aromatic heterocycles. The number of nitrogens with zero attached hydrogens (tertiary/aromatic N) is 4. The number of carbonyl (C=O) groups excluding carboxylic acids is 1. The Bertz CT molecular complexity index is 1510. The van der Waals surface area contributed by atoms with E-state index in [0.29, 0.717) is 11.2 Å². The van der Waals surface area contributed by atoms with Crippen molar-refractivity contribution in [3.63, 3.8) is 0 Å². The van der Waals surface area contributed by atoms with Gasteiger partial charge < -0.3 is 15.0 Å². The molecule has 5 aromatic rings. The summed E-state index contributed by atoms with van der Waals surface area (Å²) < 4.78 is 7.16. The summed E-state index contributed by atoms with van der Waals surface area (Å²) in [7, 11) is 5.60. The molecule has 0 bridgehead atoms. The van der Waals surface area contributed by atoms with Gasteiger partial charge in [0.25, 0.3) is 5.91 Å². The highest BCUT2D eigenvalue weighted by Gasteiger charge is 2.16. The quantitative estimate of drug-likeness (QED) is 0.364. The molecular formula is C28H25N5O2. The highest BCUT2D eigenvalue weighted by atomic mass is 16.5. The highest BCUT2D eigenvalue weighted by Crippen LogP contribution is 2.30. The Balaban J connectivity index is 1.50. The molecule has 0 saturated heterocycles. The van der Waals surface area contributed by atoms with Gasteiger partial charge in [-0.1, -0.05) is 18.2 Å². The zero-order valence-electron chi connectivity index (χ0n) is 19.8. The molecule has 1 N–H and O–H groups in total. The van der Waals surface area contributed by atoms with Crippen molar-refractivity contribution >= 4 is 28.3 Å². The van der Waals surface area contributed by atoms with E-state index in [-0.39, 0.29) is 5.91 Å². The van der Waals surface area contributed by atoms with Gasteiger partial charge in [-0.3, -0.25) is 4.79 Å². The van der Waals surface area contributed by atoms with Crippen molar-refractivity contribution in [3.05, 3.63) is 96.7 Å². The van der Waals surface area contributed by atoms with Gasteiger partial charge >= 0.3 is 0 Å². The minimum absolute atomic E-state index is 0.193. The molecule has 174 valence electrons. The number of pyridine rings is 1. The van der Waals surface area contributed by atoms with Gasteiger partial charge in [0.1, 0.15) is 11.4 Å². The first-order chi connectivity index (χ1) is 17.0. The van der Waals surface area contributed by atoms with Crippen LogP contribution in [0.4, 0.5) is 11.4 Å². The van der Waals surface area contributed by atoms with Crippen LogP contribution in [0.3, 0.4) is 0 Å². The van der Waals surface area contributed by atoms with Crippen molar-refractivity contribution in [3.8, 4) is 22.7 Å². The molecule has 3 aromatic carbocycles. The van der Waals surface area contributed by atoms with Crippen molar-refractivity contribution in [1.82, 2.24) is 14.8 Å². The van der Waals surface area contributed by atoms with Gasteiger partial charge in [0.15, 0.2) is 5.65 Å². The monoisotopic (exact) mass is 463 g/mol. The number of benzene rings is 3. The molecule has 2 heterocycles. The lowest BCUT2D eigenvalue weighted by Gasteiger charge is -2.13. The van der Waals surface area contributed by atoms with Gasteiger partial charge in [-0.25, -0.2) is 9.67 Å². The molecule has 0 aliphatic rings. The number of rotatable bonds is 6. The van der Waals surface area contributed by atoms with Gasteiger partial charge in [-0.05, 0) is 66.7 Å². The fraction of sp³-hybridized carbons (Fsp3) is 0.107. The standard InChI is InChI=1S/C28H25N5O2/c1-32(2)22-14-12-21(13-15-22)30-28(34)20-8-4-9-23(17-20)33-27-25(11-6-16-29-27)26(31-33)19-7-5-10-24(18-19)35-3/h4-18H,1-3H3,(H,30,34). The summed E-state index contributed by atoms with van der Waals surface area (Å²) in [5, 5.41) is 8.76. The Labute approximate surface area is 203 Å². The lowest BCUT2D eigenvalue weighted by molar-refractivity contribution is 0.102. The Morgan fingerprint density at radius 3 is 2.51 bits per heavy atom. The Morgan fingerprint density at radius 2 is 1.74 bits per heavy atom. The van der Waals surface area contributed by atoms with E-state index in [9.17, 15) is 4.79 Å². The summed E-state index contributed by atoms with van der Waals surface area (Å²) in [6, 6.07) is 26.7. The number of amides is 1. The summed E-state index contributed by atoms with van der Waals surface area (Å²) in [5.41, 5.74) is 5.51. The van der Waals surface area contributed by atoms with E-state index in [1.54, 1.807) is 24.1 Å². The third-order valence-corrected chi connectivity index (χ3v) is 5.78. The molecular weight excluding hydrogens is 438 g/mol. The second-order valence-corrected chi connectivity index (χ2v) is 8.31. The van der Waals surface area contributed by atoms with E-state index in [4.69, 9.17) is 9.84 Å². The molecule has 0 unspecified atom stereocenters. The van der Waals surface area contributed by atoms with Gasteiger partial charge in [-0.15, -0.1) is 0 Å². The first-order valence-electron chi connectivity index (χ1n) is 11.2. The van der Waals surface area contributed by atoms with Crippen LogP contribution >= 0.6 is 0 Å². The van der Waals surface area contributed by atoms with Crippen LogP contribution in [0.15, 0.2) is 91.1 Å². The normalized spacial score (nSPS) is 10.8. The Kier molecular flexibility index (Phi) is 5.89. The maximum Gasteiger partial charge on any atom is 0.255 e. The summed E-state index contributed by atoms with van der Waals surface area (Å²) in [5.74, 6) is 0.563. The minimum Gasteiger partial charge on any atom is -0.497 e. The first kappa shape index (κ1) is 22.2. The van der Waals surface area contributed by atoms with E-state index in [1.165, 1.54) is 0 Å². The van der Waals surface area contributed by atoms with Crippen LogP contribution in [-0.4, -0.2) is 41.9 Å². The molecule has 1 amide bonds. The lowest BCUT2D eigenvalue weighted by Crippen LogP contribution is -2.13. The number of aromatic nitrogens is 3. The average Bonchev–Trinajstić information content (AvgIpc) is 3.29. The van der Waals surface area contributed by atoms with Gasteiger partial charge in [0.2, 0.25) is 0 Å². The predicted molar refractivity (Wildman–Crippen MR) is 140 cm³/mol. The Hall–Kier alpha value is -4.65. The zero-order chi connectivity index (χ0) is 24.4. The van der Waals surface area contributed by atoms with Crippen LogP contribution in [0.2, 0.25) is 0 Å². The summed E-state index contributed by atoms with van der Waals surface area (Å²) in [4.78, 5) is 19.6. The number of ether oxygens (including phenoxy) is 1. The Morgan fingerprint density at radius 1 is 0.943 bits per heavy atom. The molecule has 0 aliphatic carbocycles. The van der Waals surface area contributed by atoms with Crippen molar-refractivity contribution < 1.29 is 9.53 Å². The van der Waals surface area contributed by atoms with Crippen molar-refractivity contribution in [2.75, 3.05) is 31.4 Å². The number of hydrogen-bond donors (Lipinski definition) is 1. The molecule has 0 atom stereocenters. The summed E-state index contributed by atoms with van der Waals surface area (Å²) in [6.45, 7) is 0. The minimum atomic E-state index is -0.193. The summed E-state index contributed by atoms with van der Waals surface area (Å²) >= 11 is 0. The molecule has 0 spiro atoms. The van der Waals surface area contributed by atoms with Crippen molar-refractivity contribution in [2.45, 2.75) is 0 Å². The first-order valence-corrected chi connectivity index (χ1v) is 11.2. The number of methoxy groups -OCH3 is 1. The fourth-order valence-corrected chi connectivity index (χ4v) is 3.94. The smallest absolute Gasteiger partial charge is 0.255 e. The van der Waals surface area contributed by atoms with Crippen LogP contribution < -0.4 is 15.0 Å². The highest BCUT2D eigenvalue weighted by molar-refractivity contribution is 6.04. The van der Waals surface area contributed by atoms with E-state index in [2.05, 4.69) is 10.3 Å². The number of carbonyl (C=O) groups is 1. The molecule has 35 heavy (non-hydrogen) atoms. The van der Waals surface area contributed by atoms with Gasteiger partial charge in [-0.2, -0.15) is 5.10 Å². The molecule has 7 heteroatoms. The van der Waals surface area contributed by atoms with Crippen LogP contribution in [0.5, 0.6) is 5.75 Å². The maximum absolute atomic E-state index is 13.0. The van der Waals surface area contributed by atoms with Crippen LogP contribution in [-0.2, 0) is 0 Å². The third kappa shape index (κ3) is 4.44. The van der Waals surface area contributed by atoms with Gasteiger partial charge in [0, 0.05) is 48.2 Å². The second-order valence-electron chi connectivity index (χ2n) is 8.31. The zero-order valence-corrected chi connectivity index (χ0v) is 19.8.